The summed E-state index contributed by atoms with van der Waals surface area (Å²) in [6, 6.07) is 27.6. The first-order valence-electron chi connectivity index (χ1n) is 9.95. The van der Waals surface area contributed by atoms with Crippen LogP contribution >= 0.6 is 0 Å². The second kappa shape index (κ2) is 9.53. The Morgan fingerprint density at radius 1 is 0.875 bits per heavy atom. The van der Waals surface area contributed by atoms with Crippen molar-refractivity contribution in [2.24, 2.45) is 5.10 Å². The smallest absolute Gasteiger partial charge is 0.276 e. The average molecular weight is 447 g/mol. The normalized spacial score (nSPS) is 11.5. The number of rotatable bonds is 8. The Balaban J connectivity index is 1.57. The van der Waals surface area contributed by atoms with Crippen LogP contribution in [0.4, 0.5) is 0 Å². The molecule has 0 amide bonds. The molecule has 0 fully saturated rings. The minimum Gasteiger partial charge on any atom is -0.493 e. The van der Waals surface area contributed by atoms with Crippen LogP contribution in [-0.4, -0.2) is 21.7 Å². The van der Waals surface area contributed by atoms with E-state index in [1.807, 2.05) is 24.3 Å². The lowest BCUT2D eigenvalue weighted by molar-refractivity contribution is 0.285. The van der Waals surface area contributed by atoms with Gasteiger partial charge in [-0.2, -0.15) is 13.5 Å². The van der Waals surface area contributed by atoms with Gasteiger partial charge in [0.2, 0.25) is 0 Å². The molecule has 0 aliphatic heterocycles. The largest absolute Gasteiger partial charge is 0.493 e. The fourth-order valence-electron chi connectivity index (χ4n) is 3.34. The minimum atomic E-state index is -3.76. The summed E-state index contributed by atoms with van der Waals surface area (Å²) < 4.78 is 36.3. The maximum Gasteiger partial charge on any atom is 0.276 e. The van der Waals surface area contributed by atoms with E-state index in [1.54, 1.807) is 43.5 Å². The summed E-state index contributed by atoms with van der Waals surface area (Å²) in [5.74, 6) is 1.01. The molecule has 4 aromatic rings. The molecule has 162 valence electrons. The van der Waals surface area contributed by atoms with E-state index >= 15 is 0 Å². The molecule has 0 spiro atoms. The lowest BCUT2D eigenvalue weighted by atomic mass is 10.1. The molecule has 0 heterocycles. The summed E-state index contributed by atoms with van der Waals surface area (Å²) in [4.78, 5) is 2.37. The summed E-state index contributed by atoms with van der Waals surface area (Å²) in [5, 5.41) is 6.17. The first kappa shape index (κ1) is 21.4. The van der Waals surface area contributed by atoms with Gasteiger partial charge in [-0.15, -0.1) is 0 Å². The predicted molar refractivity (Wildman–Crippen MR) is 126 cm³/mol. The molecule has 6 nitrogen and oxygen atoms in total. The molecule has 4 aromatic carbocycles. The van der Waals surface area contributed by atoms with Gasteiger partial charge in [-0.05, 0) is 40.6 Å². The molecule has 0 saturated carbocycles. The van der Waals surface area contributed by atoms with Crippen LogP contribution in [-0.2, 0) is 16.6 Å². The van der Waals surface area contributed by atoms with E-state index in [0.29, 0.717) is 23.7 Å². The van der Waals surface area contributed by atoms with Crippen LogP contribution in [0.3, 0.4) is 0 Å². The maximum atomic E-state index is 12.4. The van der Waals surface area contributed by atoms with Crippen molar-refractivity contribution in [2.45, 2.75) is 11.5 Å². The van der Waals surface area contributed by atoms with Crippen molar-refractivity contribution in [1.82, 2.24) is 4.83 Å². The third-order valence-electron chi connectivity index (χ3n) is 4.91. The molecule has 7 heteroatoms. The number of hydrogen-bond donors (Lipinski definition) is 1. The van der Waals surface area contributed by atoms with E-state index < -0.39 is 10.0 Å². The highest BCUT2D eigenvalue weighted by atomic mass is 32.2. The predicted octanol–water partition coefficient (Wildman–Crippen LogP) is 4.74. The summed E-state index contributed by atoms with van der Waals surface area (Å²) in [6.07, 6.45) is 1.40. The van der Waals surface area contributed by atoms with Crippen molar-refractivity contribution in [1.29, 1.82) is 0 Å². The van der Waals surface area contributed by atoms with Gasteiger partial charge in [0.05, 0.1) is 18.2 Å². The molecule has 32 heavy (non-hydrogen) atoms. The van der Waals surface area contributed by atoms with Crippen LogP contribution in [0.1, 0.15) is 11.1 Å². The number of nitrogens with one attached hydrogen (secondary N) is 1. The molecule has 0 saturated heterocycles. The lowest BCUT2D eigenvalue weighted by Crippen LogP contribution is -2.18. The van der Waals surface area contributed by atoms with Gasteiger partial charge < -0.3 is 9.47 Å². The first-order valence-corrected chi connectivity index (χ1v) is 11.4. The zero-order valence-electron chi connectivity index (χ0n) is 17.4. The fourth-order valence-corrected chi connectivity index (χ4v) is 4.15. The van der Waals surface area contributed by atoms with Gasteiger partial charge in [-0.25, -0.2) is 4.83 Å². The average Bonchev–Trinajstić information content (AvgIpc) is 2.83. The van der Waals surface area contributed by atoms with Gasteiger partial charge in [-0.1, -0.05) is 66.7 Å². The first-order chi connectivity index (χ1) is 15.6. The van der Waals surface area contributed by atoms with Gasteiger partial charge in [0.15, 0.2) is 11.5 Å². The summed E-state index contributed by atoms with van der Waals surface area (Å²) in [7, 11) is -2.20. The van der Waals surface area contributed by atoms with Crippen LogP contribution in [0.15, 0.2) is 101 Å². The van der Waals surface area contributed by atoms with Gasteiger partial charge in [0, 0.05) is 5.56 Å². The number of hydrazone groups is 1. The van der Waals surface area contributed by atoms with Crippen LogP contribution in [0, 0.1) is 0 Å². The molecular weight excluding hydrogens is 424 g/mol. The van der Waals surface area contributed by atoms with Crippen molar-refractivity contribution >= 4 is 27.0 Å². The van der Waals surface area contributed by atoms with E-state index in [-0.39, 0.29) is 4.90 Å². The molecular formula is C25H22N2O4S. The second-order valence-corrected chi connectivity index (χ2v) is 8.63. The Morgan fingerprint density at radius 3 is 2.41 bits per heavy atom. The van der Waals surface area contributed by atoms with E-state index in [1.165, 1.54) is 18.3 Å². The highest BCUT2D eigenvalue weighted by Gasteiger charge is 2.13. The van der Waals surface area contributed by atoms with Crippen molar-refractivity contribution in [3.8, 4) is 11.5 Å². The quantitative estimate of drug-likeness (QED) is 0.313. The van der Waals surface area contributed by atoms with Gasteiger partial charge >= 0.3 is 0 Å². The summed E-state index contributed by atoms with van der Waals surface area (Å²) in [6.45, 7) is 0.318. The number of hydrogen-bond acceptors (Lipinski definition) is 5. The highest BCUT2D eigenvalue weighted by molar-refractivity contribution is 7.89. The fraction of sp³-hybridized carbons (Fsp3) is 0.0800. The van der Waals surface area contributed by atoms with Crippen molar-refractivity contribution in [3.63, 3.8) is 0 Å². The molecule has 4 rings (SSSR count). The van der Waals surface area contributed by atoms with Gasteiger partial charge in [-0.3, -0.25) is 0 Å². The Morgan fingerprint density at radius 2 is 1.59 bits per heavy atom. The number of para-hydroxylation sites is 1. The van der Waals surface area contributed by atoms with Gasteiger partial charge in [0.1, 0.15) is 6.61 Å². The van der Waals surface area contributed by atoms with Crippen LogP contribution < -0.4 is 14.3 Å². The monoisotopic (exact) mass is 446 g/mol. The Hall–Kier alpha value is -3.84. The third kappa shape index (κ3) is 4.73. The third-order valence-corrected chi connectivity index (χ3v) is 6.15. The van der Waals surface area contributed by atoms with E-state index in [2.05, 4.69) is 28.1 Å². The van der Waals surface area contributed by atoms with Crippen LogP contribution in [0.2, 0.25) is 0 Å². The van der Waals surface area contributed by atoms with Crippen molar-refractivity contribution < 1.29 is 17.9 Å². The standard InChI is InChI=1S/C25H22N2O4S/c1-30-24-16-8-11-20(17-26-27-32(28,29)22-13-3-2-4-14-22)25(24)31-18-21-12-7-10-19-9-5-6-15-23(19)21/h2-17,27H,18H2,1H3. The molecule has 0 aliphatic rings. The van der Waals surface area contributed by atoms with Crippen LogP contribution in [0.25, 0.3) is 10.8 Å². The molecule has 0 atom stereocenters. The lowest BCUT2D eigenvalue weighted by Gasteiger charge is -2.14. The number of nitrogens with zero attached hydrogens (tertiary/aromatic N) is 1. The minimum absolute atomic E-state index is 0.134. The number of benzene rings is 4. The summed E-state index contributed by atoms with van der Waals surface area (Å²) >= 11 is 0. The number of fused-ring (bicyclic) bond motifs is 1. The molecule has 0 unspecified atom stereocenters. The highest BCUT2D eigenvalue weighted by Crippen LogP contribution is 2.31. The van der Waals surface area contributed by atoms with E-state index in [4.69, 9.17) is 9.47 Å². The zero-order valence-corrected chi connectivity index (χ0v) is 18.2. The molecule has 0 aromatic heterocycles. The number of ether oxygens (including phenoxy) is 2. The topological polar surface area (TPSA) is 77.0 Å². The van der Waals surface area contributed by atoms with E-state index in [9.17, 15) is 8.42 Å². The molecule has 0 bridgehead atoms. The molecule has 1 N–H and O–H groups in total. The van der Waals surface area contributed by atoms with Crippen molar-refractivity contribution in [3.05, 3.63) is 102 Å². The summed E-state index contributed by atoms with van der Waals surface area (Å²) in [5.41, 5.74) is 1.61. The number of sulfonamides is 1. The Labute approximate surface area is 187 Å². The van der Waals surface area contributed by atoms with Gasteiger partial charge in [0.25, 0.3) is 10.0 Å². The Kier molecular flexibility index (Phi) is 6.37. The Bertz CT molecular complexity index is 1350. The second-order valence-electron chi connectivity index (χ2n) is 6.97. The van der Waals surface area contributed by atoms with Crippen molar-refractivity contribution in [2.75, 3.05) is 7.11 Å². The molecule has 0 aliphatic carbocycles. The van der Waals surface area contributed by atoms with Crippen LogP contribution in [0.5, 0.6) is 11.5 Å². The molecule has 0 radical (unpaired) electrons. The SMILES string of the molecule is COc1cccc(C=NNS(=O)(=O)c2ccccc2)c1OCc1cccc2ccccc12. The van der Waals surface area contributed by atoms with E-state index in [0.717, 1.165) is 16.3 Å². The number of methoxy groups -OCH3 is 1. The zero-order chi connectivity index (χ0) is 22.4. The maximum absolute atomic E-state index is 12.4.